The second kappa shape index (κ2) is 4.68. The highest BCUT2D eigenvalue weighted by Gasteiger charge is 2.07. The number of anilines is 2. The second-order valence-corrected chi connectivity index (χ2v) is 3.74. The molecule has 82 valence electrons. The molecular formula is C11H17N3O. The first-order valence-electron chi connectivity index (χ1n) is 4.90. The van der Waals surface area contributed by atoms with E-state index in [2.05, 4.69) is 5.32 Å². The van der Waals surface area contributed by atoms with Crippen LogP contribution in [0.2, 0.25) is 0 Å². The van der Waals surface area contributed by atoms with Crippen molar-refractivity contribution in [2.45, 2.75) is 26.3 Å². The van der Waals surface area contributed by atoms with Crippen LogP contribution in [0.4, 0.5) is 11.4 Å². The van der Waals surface area contributed by atoms with Crippen LogP contribution in [0.15, 0.2) is 18.2 Å². The van der Waals surface area contributed by atoms with E-state index in [4.69, 9.17) is 11.5 Å². The Bertz CT molecular complexity index is 363. The average molecular weight is 207 g/mol. The third kappa shape index (κ3) is 3.16. The minimum Gasteiger partial charge on any atom is -0.398 e. The summed E-state index contributed by atoms with van der Waals surface area (Å²) in [5.74, 6) is -0.309. The van der Waals surface area contributed by atoms with Gasteiger partial charge in [0.1, 0.15) is 0 Å². The highest BCUT2D eigenvalue weighted by Crippen LogP contribution is 2.21. The largest absolute Gasteiger partial charge is 0.398 e. The van der Waals surface area contributed by atoms with E-state index in [0.717, 1.165) is 16.9 Å². The molecule has 0 spiro atoms. The van der Waals surface area contributed by atoms with Crippen molar-refractivity contribution in [3.8, 4) is 0 Å². The Labute approximate surface area is 89.6 Å². The summed E-state index contributed by atoms with van der Waals surface area (Å²) in [6.45, 7) is 3.85. The Kier molecular flexibility index (Phi) is 3.55. The topological polar surface area (TPSA) is 81.1 Å². The fourth-order valence-electron chi connectivity index (χ4n) is 1.43. The van der Waals surface area contributed by atoms with Crippen LogP contribution in [0.1, 0.15) is 18.9 Å². The summed E-state index contributed by atoms with van der Waals surface area (Å²) in [6, 6.07) is 5.67. The molecule has 0 saturated heterocycles. The van der Waals surface area contributed by atoms with Crippen LogP contribution in [-0.2, 0) is 4.79 Å². The molecule has 1 rings (SSSR count). The van der Waals surface area contributed by atoms with Gasteiger partial charge < -0.3 is 16.8 Å². The van der Waals surface area contributed by atoms with E-state index < -0.39 is 0 Å². The number of rotatable bonds is 4. The summed E-state index contributed by atoms with van der Waals surface area (Å²) in [7, 11) is 0. The second-order valence-electron chi connectivity index (χ2n) is 3.74. The molecule has 0 heterocycles. The average Bonchev–Trinajstić information content (AvgIpc) is 2.11. The molecule has 0 aliphatic carbocycles. The number of nitrogens with one attached hydrogen (secondary N) is 1. The molecule has 4 nitrogen and oxygen atoms in total. The number of benzene rings is 1. The minimum atomic E-state index is -0.309. The third-order valence-electron chi connectivity index (χ3n) is 2.28. The van der Waals surface area contributed by atoms with Gasteiger partial charge in [-0.15, -0.1) is 0 Å². The van der Waals surface area contributed by atoms with Crippen molar-refractivity contribution in [3.05, 3.63) is 23.8 Å². The number of hydrogen-bond donors (Lipinski definition) is 3. The van der Waals surface area contributed by atoms with Crippen LogP contribution in [0, 0.1) is 6.92 Å². The Morgan fingerprint density at radius 3 is 2.80 bits per heavy atom. The van der Waals surface area contributed by atoms with Crippen molar-refractivity contribution in [3.63, 3.8) is 0 Å². The zero-order valence-corrected chi connectivity index (χ0v) is 9.08. The number of carbonyl (C=O) groups is 1. The van der Waals surface area contributed by atoms with Crippen molar-refractivity contribution in [2.24, 2.45) is 5.73 Å². The third-order valence-corrected chi connectivity index (χ3v) is 2.28. The zero-order valence-electron chi connectivity index (χ0n) is 9.08. The molecule has 4 heteroatoms. The lowest BCUT2D eigenvalue weighted by atomic mass is 10.1. The molecule has 1 atom stereocenters. The van der Waals surface area contributed by atoms with Gasteiger partial charge in [-0.2, -0.15) is 0 Å². The molecule has 0 aromatic heterocycles. The SMILES string of the molecule is Cc1c(N)cccc1NC(C)CC(N)=O. The fraction of sp³-hybridized carbons (Fsp3) is 0.364. The summed E-state index contributed by atoms with van der Waals surface area (Å²) in [6.07, 6.45) is 0.314. The van der Waals surface area contributed by atoms with Gasteiger partial charge in [0.2, 0.25) is 5.91 Å². The lowest BCUT2D eigenvalue weighted by Gasteiger charge is -2.16. The zero-order chi connectivity index (χ0) is 11.4. The Balaban J connectivity index is 2.72. The molecule has 1 aromatic rings. The van der Waals surface area contributed by atoms with Crippen LogP contribution in [0.3, 0.4) is 0 Å². The first kappa shape index (κ1) is 11.4. The van der Waals surface area contributed by atoms with Gasteiger partial charge >= 0.3 is 0 Å². The predicted molar refractivity (Wildman–Crippen MR) is 62.5 cm³/mol. The summed E-state index contributed by atoms with van der Waals surface area (Å²) in [5, 5.41) is 3.20. The predicted octanol–water partition coefficient (Wildman–Crippen LogP) is 1.25. The molecule has 0 saturated carbocycles. The van der Waals surface area contributed by atoms with Gasteiger partial charge in [0.25, 0.3) is 0 Å². The molecule has 0 aliphatic rings. The lowest BCUT2D eigenvalue weighted by Crippen LogP contribution is -2.24. The highest BCUT2D eigenvalue weighted by molar-refractivity contribution is 5.75. The molecule has 5 N–H and O–H groups in total. The molecule has 15 heavy (non-hydrogen) atoms. The number of nitrogen functional groups attached to an aromatic ring is 1. The van der Waals surface area contributed by atoms with Gasteiger partial charge in [0.15, 0.2) is 0 Å². The maximum absolute atomic E-state index is 10.7. The van der Waals surface area contributed by atoms with Crippen molar-refractivity contribution >= 4 is 17.3 Å². The molecular weight excluding hydrogens is 190 g/mol. The number of nitrogens with two attached hydrogens (primary N) is 2. The minimum absolute atomic E-state index is 0.0167. The fourth-order valence-corrected chi connectivity index (χ4v) is 1.43. The molecule has 1 amide bonds. The lowest BCUT2D eigenvalue weighted by molar-refractivity contribution is -0.118. The summed E-state index contributed by atoms with van der Waals surface area (Å²) >= 11 is 0. The van der Waals surface area contributed by atoms with E-state index in [1.165, 1.54) is 0 Å². The van der Waals surface area contributed by atoms with Gasteiger partial charge in [-0.05, 0) is 31.5 Å². The Morgan fingerprint density at radius 2 is 2.20 bits per heavy atom. The first-order valence-corrected chi connectivity index (χ1v) is 4.90. The maximum atomic E-state index is 10.7. The van der Waals surface area contributed by atoms with E-state index in [-0.39, 0.29) is 11.9 Å². The van der Waals surface area contributed by atoms with Crippen molar-refractivity contribution in [1.82, 2.24) is 0 Å². The Hall–Kier alpha value is -1.71. The number of hydrogen-bond acceptors (Lipinski definition) is 3. The van der Waals surface area contributed by atoms with Gasteiger partial charge in [-0.25, -0.2) is 0 Å². The van der Waals surface area contributed by atoms with Crippen LogP contribution in [-0.4, -0.2) is 11.9 Å². The normalized spacial score (nSPS) is 12.1. The molecule has 0 bridgehead atoms. The standard InChI is InChI=1S/C11H17N3O/c1-7(6-11(13)15)14-10-5-3-4-9(12)8(10)2/h3-5,7,14H,6,12H2,1-2H3,(H2,13,15). The van der Waals surface area contributed by atoms with Crippen molar-refractivity contribution < 1.29 is 4.79 Å². The van der Waals surface area contributed by atoms with Crippen molar-refractivity contribution in [1.29, 1.82) is 0 Å². The van der Waals surface area contributed by atoms with Gasteiger partial charge in [-0.3, -0.25) is 4.79 Å². The maximum Gasteiger partial charge on any atom is 0.219 e. The highest BCUT2D eigenvalue weighted by atomic mass is 16.1. The molecule has 0 aliphatic heterocycles. The monoisotopic (exact) mass is 207 g/mol. The van der Waals surface area contributed by atoms with Crippen LogP contribution >= 0.6 is 0 Å². The number of carbonyl (C=O) groups excluding carboxylic acids is 1. The molecule has 1 unspecified atom stereocenters. The Morgan fingerprint density at radius 1 is 1.53 bits per heavy atom. The van der Waals surface area contributed by atoms with E-state index in [1.807, 2.05) is 32.0 Å². The van der Waals surface area contributed by atoms with E-state index in [9.17, 15) is 4.79 Å². The molecule has 1 aromatic carbocycles. The first-order chi connectivity index (χ1) is 7.00. The van der Waals surface area contributed by atoms with Crippen LogP contribution in [0.5, 0.6) is 0 Å². The van der Waals surface area contributed by atoms with Gasteiger partial charge in [-0.1, -0.05) is 6.07 Å². The van der Waals surface area contributed by atoms with Crippen LogP contribution in [0.25, 0.3) is 0 Å². The number of primary amides is 1. The van der Waals surface area contributed by atoms with E-state index in [0.29, 0.717) is 6.42 Å². The van der Waals surface area contributed by atoms with Gasteiger partial charge in [0, 0.05) is 23.8 Å². The van der Waals surface area contributed by atoms with E-state index >= 15 is 0 Å². The number of amides is 1. The van der Waals surface area contributed by atoms with Gasteiger partial charge in [0.05, 0.1) is 0 Å². The molecule has 0 radical (unpaired) electrons. The summed E-state index contributed by atoms with van der Waals surface area (Å²) in [5.41, 5.74) is 13.6. The van der Waals surface area contributed by atoms with E-state index in [1.54, 1.807) is 0 Å². The quantitative estimate of drug-likeness (QED) is 0.650. The smallest absolute Gasteiger partial charge is 0.219 e. The van der Waals surface area contributed by atoms with Crippen LogP contribution < -0.4 is 16.8 Å². The summed E-state index contributed by atoms with van der Waals surface area (Å²) in [4.78, 5) is 10.7. The summed E-state index contributed by atoms with van der Waals surface area (Å²) < 4.78 is 0. The molecule has 0 fully saturated rings. The van der Waals surface area contributed by atoms with Crippen molar-refractivity contribution in [2.75, 3.05) is 11.1 Å².